The predicted molar refractivity (Wildman–Crippen MR) is 87.2 cm³/mol. The van der Waals surface area contributed by atoms with E-state index in [1.807, 2.05) is 24.3 Å². The summed E-state index contributed by atoms with van der Waals surface area (Å²) in [5, 5.41) is 2.72. The fourth-order valence-corrected chi connectivity index (χ4v) is 2.56. The number of anilines is 1. The molecule has 4 heteroatoms. The van der Waals surface area contributed by atoms with Crippen molar-refractivity contribution < 1.29 is 9.18 Å². The van der Waals surface area contributed by atoms with E-state index in [9.17, 15) is 9.18 Å². The van der Waals surface area contributed by atoms with Gasteiger partial charge in [-0.25, -0.2) is 4.39 Å². The first-order chi connectivity index (χ1) is 10.0. The van der Waals surface area contributed by atoms with Crippen LogP contribution < -0.4 is 5.32 Å². The SMILES string of the molecule is CCC(C)c1ccc(NC(=O)c2c(F)cccc2Br)cc1. The van der Waals surface area contributed by atoms with Crippen molar-refractivity contribution in [3.63, 3.8) is 0 Å². The topological polar surface area (TPSA) is 29.1 Å². The van der Waals surface area contributed by atoms with Gasteiger partial charge in [0, 0.05) is 10.2 Å². The van der Waals surface area contributed by atoms with Gasteiger partial charge in [0.1, 0.15) is 5.82 Å². The van der Waals surface area contributed by atoms with E-state index in [0.717, 1.165) is 6.42 Å². The monoisotopic (exact) mass is 349 g/mol. The molecule has 0 aliphatic heterocycles. The van der Waals surface area contributed by atoms with Crippen LogP contribution >= 0.6 is 15.9 Å². The van der Waals surface area contributed by atoms with E-state index in [2.05, 4.69) is 35.1 Å². The average molecular weight is 350 g/mol. The number of rotatable bonds is 4. The van der Waals surface area contributed by atoms with Gasteiger partial charge in [-0.3, -0.25) is 4.79 Å². The first-order valence-corrected chi connectivity index (χ1v) is 7.67. The number of amides is 1. The van der Waals surface area contributed by atoms with Crippen LogP contribution in [0, 0.1) is 5.82 Å². The molecule has 0 saturated heterocycles. The Kier molecular flexibility index (Phi) is 5.12. The molecule has 0 aliphatic rings. The summed E-state index contributed by atoms with van der Waals surface area (Å²) in [5.41, 5.74) is 1.90. The van der Waals surface area contributed by atoms with E-state index in [0.29, 0.717) is 16.1 Å². The van der Waals surface area contributed by atoms with Crippen LogP contribution in [-0.4, -0.2) is 5.91 Å². The Morgan fingerprint density at radius 2 is 1.90 bits per heavy atom. The highest BCUT2D eigenvalue weighted by Gasteiger charge is 2.15. The Morgan fingerprint density at radius 1 is 1.24 bits per heavy atom. The first kappa shape index (κ1) is 15.7. The molecule has 2 nitrogen and oxygen atoms in total. The van der Waals surface area contributed by atoms with Gasteiger partial charge in [-0.05, 0) is 58.1 Å². The minimum Gasteiger partial charge on any atom is -0.322 e. The van der Waals surface area contributed by atoms with Gasteiger partial charge in [0.25, 0.3) is 5.91 Å². The molecule has 0 spiro atoms. The third-order valence-corrected chi connectivity index (χ3v) is 4.20. The van der Waals surface area contributed by atoms with Crippen LogP contribution in [0.5, 0.6) is 0 Å². The summed E-state index contributed by atoms with van der Waals surface area (Å²) in [6, 6.07) is 12.1. The number of hydrogen-bond acceptors (Lipinski definition) is 1. The van der Waals surface area contributed by atoms with Crippen molar-refractivity contribution in [2.75, 3.05) is 5.32 Å². The maximum Gasteiger partial charge on any atom is 0.259 e. The molecule has 0 aliphatic carbocycles. The van der Waals surface area contributed by atoms with Crippen LogP contribution in [0.4, 0.5) is 10.1 Å². The summed E-state index contributed by atoms with van der Waals surface area (Å²) in [4.78, 5) is 12.1. The summed E-state index contributed by atoms with van der Waals surface area (Å²) < 4.78 is 14.2. The van der Waals surface area contributed by atoms with E-state index in [4.69, 9.17) is 0 Å². The molecule has 0 bridgehead atoms. The standard InChI is InChI=1S/C17H17BrFNO/c1-3-11(2)12-7-9-13(10-8-12)20-17(21)16-14(18)5-4-6-15(16)19/h4-11H,3H2,1-2H3,(H,20,21). The number of hydrogen-bond donors (Lipinski definition) is 1. The van der Waals surface area contributed by atoms with E-state index in [-0.39, 0.29) is 5.56 Å². The second-order valence-corrected chi connectivity index (χ2v) is 5.84. The predicted octanol–water partition coefficient (Wildman–Crippen LogP) is 5.35. The van der Waals surface area contributed by atoms with E-state index >= 15 is 0 Å². The summed E-state index contributed by atoms with van der Waals surface area (Å²) in [7, 11) is 0. The molecule has 2 rings (SSSR count). The molecule has 1 unspecified atom stereocenters. The lowest BCUT2D eigenvalue weighted by atomic mass is 9.98. The first-order valence-electron chi connectivity index (χ1n) is 6.88. The molecule has 2 aromatic rings. The van der Waals surface area contributed by atoms with Crippen LogP contribution in [0.15, 0.2) is 46.9 Å². The summed E-state index contributed by atoms with van der Waals surface area (Å²) in [5.74, 6) is -0.523. The molecule has 1 amide bonds. The van der Waals surface area contributed by atoms with Gasteiger partial charge in [0.15, 0.2) is 0 Å². The zero-order valence-corrected chi connectivity index (χ0v) is 13.6. The van der Waals surface area contributed by atoms with Gasteiger partial charge in [-0.2, -0.15) is 0 Å². The lowest BCUT2D eigenvalue weighted by Crippen LogP contribution is -2.14. The van der Waals surface area contributed by atoms with Gasteiger partial charge in [0.2, 0.25) is 0 Å². The number of carbonyl (C=O) groups excluding carboxylic acids is 1. The highest BCUT2D eigenvalue weighted by atomic mass is 79.9. The van der Waals surface area contributed by atoms with Crippen molar-refractivity contribution in [3.8, 4) is 0 Å². The molecule has 0 fully saturated rings. The molecule has 0 aromatic heterocycles. The Balaban J connectivity index is 2.16. The van der Waals surface area contributed by atoms with Crippen molar-refractivity contribution in [2.24, 2.45) is 0 Å². The van der Waals surface area contributed by atoms with Crippen molar-refractivity contribution in [2.45, 2.75) is 26.2 Å². The largest absolute Gasteiger partial charge is 0.322 e. The second-order valence-electron chi connectivity index (χ2n) is 4.98. The molecule has 2 aromatic carbocycles. The van der Waals surface area contributed by atoms with E-state index < -0.39 is 11.7 Å². The van der Waals surface area contributed by atoms with Crippen LogP contribution in [0.1, 0.15) is 42.1 Å². The third-order valence-electron chi connectivity index (χ3n) is 3.54. The quantitative estimate of drug-likeness (QED) is 0.791. The van der Waals surface area contributed by atoms with Crippen molar-refractivity contribution in [1.82, 2.24) is 0 Å². The van der Waals surface area contributed by atoms with Crippen LogP contribution in [0.25, 0.3) is 0 Å². The lowest BCUT2D eigenvalue weighted by Gasteiger charge is -2.11. The van der Waals surface area contributed by atoms with Crippen LogP contribution in [-0.2, 0) is 0 Å². The van der Waals surface area contributed by atoms with E-state index in [1.54, 1.807) is 12.1 Å². The molecule has 0 heterocycles. The highest BCUT2D eigenvalue weighted by molar-refractivity contribution is 9.10. The summed E-state index contributed by atoms with van der Waals surface area (Å²) in [6.07, 6.45) is 1.06. The Bertz CT molecular complexity index is 619. The fourth-order valence-electron chi connectivity index (χ4n) is 2.04. The molecule has 21 heavy (non-hydrogen) atoms. The molecule has 110 valence electrons. The van der Waals surface area contributed by atoms with Crippen LogP contribution in [0.2, 0.25) is 0 Å². The third kappa shape index (κ3) is 3.70. The number of benzene rings is 2. The highest BCUT2D eigenvalue weighted by Crippen LogP contribution is 2.23. The van der Waals surface area contributed by atoms with Gasteiger partial charge < -0.3 is 5.32 Å². The number of nitrogens with one attached hydrogen (secondary N) is 1. The maximum atomic E-state index is 13.7. The zero-order valence-electron chi connectivity index (χ0n) is 12.0. The number of carbonyl (C=O) groups is 1. The van der Waals surface area contributed by atoms with Gasteiger partial charge >= 0.3 is 0 Å². The Labute approximate surface area is 132 Å². The van der Waals surface area contributed by atoms with Crippen molar-refractivity contribution in [1.29, 1.82) is 0 Å². The molecule has 0 radical (unpaired) electrons. The van der Waals surface area contributed by atoms with Gasteiger partial charge in [-0.1, -0.05) is 32.0 Å². The Hall–Kier alpha value is -1.68. The minimum atomic E-state index is -0.543. The zero-order chi connectivity index (χ0) is 15.4. The Morgan fingerprint density at radius 3 is 2.48 bits per heavy atom. The fraction of sp³-hybridized carbons (Fsp3) is 0.235. The summed E-state index contributed by atoms with van der Waals surface area (Å²) in [6.45, 7) is 4.29. The lowest BCUT2D eigenvalue weighted by molar-refractivity contribution is 0.102. The molecule has 1 atom stereocenters. The normalized spacial score (nSPS) is 12.0. The summed E-state index contributed by atoms with van der Waals surface area (Å²) >= 11 is 3.20. The maximum absolute atomic E-state index is 13.7. The number of halogens is 2. The van der Waals surface area contributed by atoms with Crippen molar-refractivity contribution in [3.05, 3.63) is 63.9 Å². The van der Waals surface area contributed by atoms with E-state index in [1.165, 1.54) is 11.6 Å². The van der Waals surface area contributed by atoms with Gasteiger partial charge in [0.05, 0.1) is 5.56 Å². The average Bonchev–Trinajstić information content (AvgIpc) is 2.47. The smallest absolute Gasteiger partial charge is 0.259 e. The van der Waals surface area contributed by atoms with Crippen LogP contribution in [0.3, 0.4) is 0 Å². The minimum absolute atomic E-state index is 0.0171. The second kappa shape index (κ2) is 6.85. The molecular formula is C17H17BrFNO. The van der Waals surface area contributed by atoms with Gasteiger partial charge in [-0.15, -0.1) is 0 Å². The molecule has 0 saturated carbocycles. The molecule has 1 N–H and O–H groups in total. The molecular weight excluding hydrogens is 333 g/mol. The van der Waals surface area contributed by atoms with Crippen molar-refractivity contribution >= 4 is 27.5 Å².